The fourth-order valence-electron chi connectivity index (χ4n) is 4.11. The van der Waals surface area contributed by atoms with E-state index in [9.17, 15) is 9.59 Å². The van der Waals surface area contributed by atoms with E-state index in [4.69, 9.17) is 0 Å². The van der Waals surface area contributed by atoms with Crippen LogP contribution in [0.1, 0.15) is 38.5 Å². The molecular formula is C17H28N4O2. The van der Waals surface area contributed by atoms with Crippen LogP contribution in [-0.4, -0.2) is 54.1 Å². The smallest absolute Gasteiger partial charge is 0.243 e. The molecule has 6 heteroatoms. The van der Waals surface area contributed by atoms with Crippen LogP contribution >= 0.6 is 0 Å². The summed E-state index contributed by atoms with van der Waals surface area (Å²) >= 11 is 0. The monoisotopic (exact) mass is 320 g/mol. The maximum Gasteiger partial charge on any atom is 0.243 e. The van der Waals surface area contributed by atoms with Crippen molar-refractivity contribution in [2.45, 2.75) is 44.7 Å². The molecule has 3 fully saturated rings. The lowest BCUT2D eigenvalue weighted by Gasteiger charge is -2.44. The van der Waals surface area contributed by atoms with Crippen molar-refractivity contribution in [3.05, 3.63) is 12.7 Å². The van der Waals surface area contributed by atoms with E-state index in [2.05, 4.69) is 27.2 Å². The number of nitrogens with zero attached hydrogens (tertiary/aromatic N) is 2. The second-order valence-corrected chi connectivity index (χ2v) is 6.97. The summed E-state index contributed by atoms with van der Waals surface area (Å²) in [4.78, 5) is 26.5. The van der Waals surface area contributed by atoms with Crippen molar-refractivity contribution in [2.24, 2.45) is 11.8 Å². The molecule has 3 aliphatic rings. The Hall–Kier alpha value is -1.40. The van der Waals surface area contributed by atoms with Crippen LogP contribution in [0.4, 0.5) is 0 Å². The molecule has 2 N–H and O–H groups in total. The van der Waals surface area contributed by atoms with Crippen LogP contribution in [0.2, 0.25) is 0 Å². The molecule has 1 saturated carbocycles. The molecule has 2 atom stereocenters. The van der Waals surface area contributed by atoms with Gasteiger partial charge in [-0.05, 0) is 25.3 Å². The first kappa shape index (κ1) is 16.5. The summed E-state index contributed by atoms with van der Waals surface area (Å²) in [6.45, 7) is 6.61. The molecule has 3 rings (SSSR count). The molecule has 2 amide bonds. The molecule has 128 valence electrons. The predicted molar refractivity (Wildman–Crippen MR) is 88.1 cm³/mol. The van der Waals surface area contributed by atoms with Gasteiger partial charge in [0.2, 0.25) is 11.8 Å². The lowest BCUT2D eigenvalue weighted by Crippen LogP contribution is -2.61. The minimum Gasteiger partial charge on any atom is -0.352 e. The molecule has 0 spiro atoms. The average Bonchev–Trinajstić information content (AvgIpc) is 3.07. The summed E-state index contributed by atoms with van der Waals surface area (Å²) in [5.41, 5.74) is 3.38. The summed E-state index contributed by atoms with van der Waals surface area (Å²) in [5.74, 6) is 0.635. The molecule has 23 heavy (non-hydrogen) atoms. The fraction of sp³-hybridized carbons (Fsp3) is 0.765. The normalized spacial score (nSPS) is 29.1. The Labute approximate surface area is 138 Å². The summed E-state index contributed by atoms with van der Waals surface area (Å²) in [5, 5.41) is 5.06. The molecule has 2 unspecified atom stereocenters. The third kappa shape index (κ3) is 3.75. The molecule has 0 aromatic rings. The van der Waals surface area contributed by atoms with E-state index in [-0.39, 0.29) is 23.9 Å². The van der Waals surface area contributed by atoms with E-state index in [1.807, 2.05) is 0 Å². The van der Waals surface area contributed by atoms with Gasteiger partial charge in [-0.2, -0.15) is 0 Å². The molecular weight excluding hydrogens is 292 g/mol. The quantitative estimate of drug-likeness (QED) is 0.754. The average molecular weight is 320 g/mol. The number of nitrogens with one attached hydrogen (secondary N) is 2. The minimum absolute atomic E-state index is 0.147. The second-order valence-electron chi connectivity index (χ2n) is 6.97. The van der Waals surface area contributed by atoms with Crippen molar-refractivity contribution < 1.29 is 9.59 Å². The molecule has 0 aromatic carbocycles. The molecule has 2 saturated heterocycles. The zero-order valence-electron chi connectivity index (χ0n) is 13.8. The van der Waals surface area contributed by atoms with E-state index in [0.29, 0.717) is 12.5 Å². The van der Waals surface area contributed by atoms with Gasteiger partial charge in [0, 0.05) is 38.0 Å². The van der Waals surface area contributed by atoms with Gasteiger partial charge in [0.25, 0.3) is 0 Å². The highest BCUT2D eigenvalue weighted by atomic mass is 16.2. The first-order valence-electron chi connectivity index (χ1n) is 8.90. The molecule has 0 aromatic heterocycles. The van der Waals surface area contributed by atoms with Crippen LogP contribution in [0.3, 0.4) is 0 Å². The van der Waals surface area contributed by atoms with Crippen LogP contribution in [0, 0.1) is 11.8 Å². The number of hydrazine groups is 1. The lowest BCUT2D eigenvalue weighted by atomic mass is 9.87. The topological polar surface area (TPSA) is 64.7 Å². The van der Waals surface area contributed by atoms with Gasteiger partial charge in [-0.3, -0.25) is 15.0 Å². The summed E-state index contributed by atoms with van der Waals surface area (Å²) in [6, 6.07) is 0. The number of hydrogen-bond acceptors (Lipinski definition) is 4. The summed E-state index contributed by atoms with van der Waals surface area (Å²) in [7, 11) is 0. The number of carbonyl (C=O) groups is 2. The van der Waals surface area contributed by atoms with Crippen LogP contribution in [0.5, 0.6) is 0 Å². The molecule has 6 nitrogen and oxygen atoms in total. The van der Waals surface area contributed by atoms with E-state index >= 15 is 0 Å². The largest absolute Gasteiger partial charge is 0.352 e. The van der Waals surface area contributed by atoms with E-state index in [0.717, 1.165) is 38.9 Å². The fourth-order valence-corrected chi connectivity index (χ4v) is 4.11. The first-order valence-corrected chi connectivity index (χ1v) is 8.90. The van der Waals surface area contributed by atoms with Gasteiger partial charge in [-0.15, -0.1) is 0 Å². The van der Waals surface area contributed by atoms with Gasteiger partial charge >= 0.3 is 0 Å². The lowest BCUT2D eigenvalue weighted by molar-refractivity contribution is -0.148. The van der Waals surface area contributed by atoms with Crippen LogP contribution in [0.25, 0.3) is 0 Å². The molecule has 0 bridgehead atoms. The predicted octanol–water partition coefficient (Wildman–Crippen LogP) is 0.864. The number of carbonyl (C=O) groups excluding carboxylic acids is 2. The van der Waals surface area contributed by atoms with E-state index in [1.54, 1.807) is 0 Å². The Bertz CT molecular complexity index is 462. The minimum atomic E-state index is -0.147. The molecule has 2 heterocycles. The highest BCUT2D eigenvalue weighted by molar-refractivity contribution is 5.86. The highest BCUT2D eigenvalue weighted by Crippen LogP contribution is 2.30. The van der Waals surface area contributed by atoms with E-state index in [1.165, 1.54) is 25.3 Å². The Morgan fingerprint density at radius 1 is 1.17 bits per heavy atom. The zero-order chi connectivity index (χ0) is 16.2. The maximum atomic E-state index is 13.0. The Balaban J connectivity index is 1.65. The third-order valence-corrected chi connectivity index (χ3v) is 5.33. The van der Waals surface area contributed by atoms with Gasteiger partial charge in [0.05, 0.1) is 6.17 Å². The zero-order valence-corrected chi connectivity index (χ0v) is 13.8. The van der Waals surface area contributed by atoms with Crippen molar-refractivity contribution in [2.75, 3.05) is 26.2 Å². The van der Waals surface area contributed by atoms with Crippen molar-refractivity contribution in [1.82, 2.24) is 20.7 Å². The second kappa shape index (κ2) is 7.45. The van der Waals surface area contributed by atoms with Gasteiger partial charge in [0.1, 0.15) is 0 Å². The Kier molecular flexibility index (Phi) is 5.33. The number of rotatable bonds is 4. The third-order valence-electron chi connectivity index (χ3n) is 5.33. The van der Waals surface area contributed by atoms with Crippen molar-refractivity contribution in [1.29, 1.82) is 0 Å². The molecule has 1 aliphatic carbocycles. The standard InChI is InChI=1S/C17H28N4O2/c1-2-15(22)18-10-13-11-20(16-8-9-19-21(16)12-13)17(23)14-6-4-3-5-7-14/h2,13-14,16,19H,1,3-12H2,(H,18,22). The van der Waals surface area contributed by atoms with Crippen LogP contribution < -0.4 is 10.7 Å². The van der Waals surface area contributed by atoms with Crippen molar-refractivity contribution in [3.8, 4) is 0 Å². The number of amides is 2. The SMILES string of the molecule is C=CC(=O)NCC1CN2NCCC2N(C(=O)C2CCCCC2)C1. The Morgan fingerprint density at radius 3 is 2.70 bits per heavy atom. The number of hydrogen-bond donors (Lipinski definition) is 2. The first-order chi connectivity index (χ1) is 11.2. The van der Waals surface area contributed by atoms with E-state index < -0.39 is 0 Å². The highest BCUT2D eigenvalue weighted by Gasteiger charge is 2.41. The summed E-state index contributed by atoms with van der Waals surface area (Å²) in [6.07, 6.45) is 8.16. The number of fused-ring (bicyclic) bond motifs is 1. The molecule has 2 aliphatic heterocycles. The van der Waals surface area contributed by atoms with Crippen molar-refractivity contribution >= 4 is 11.8 Å². The summed E-state index contributed by atoms with van der Waals surface area (Å²) < 4.78 is 0. The van der Waals surface area contributed by atoms with Gasteiger partial charge in [-0.25, -0.2) is 5.01 Å². The van der Waals surface area contributed by atoms with Gasteiger partial charge in [-0.1, -0.05) is 25.8 Å². The van der Waals surface area contributed by atoms with Crippen LogP contribution in [0.15, 0.2) is 12.7 Å². The van der Waals surface area contributed by atoms with Crippen LogP contribution in [-0.2, 0) is 9.59 Å². The van der Waals surface area contributed by atoms with Gasteiger partial charge in [0.15, 0.2) is 0 Å². The van der Waals surface area contributed by atoms with Gasteiger partial charge < -0.3 is 10.2 Å². The van der Waals surface area contributed by atoms with Crippen molar-refractivity contribution in [3.63, 3.8) is 0 Å². The molecule has 0 radical (unpaired) electrons. The maximum absolute atomic E-state index is 13.0. The Morgan fingerprint density at radius 2 is 1.96 bits per heavy atom.